The SMILES string of the molecule is C/C=C(\N=C/CCCc1ccccc1C)c1cc(CNC)ccn1. The quantitative estimate of drug-likeness (QED) is 0.571. The summed E-state index contributed by atoms with van der Waals surface area (Å²) in [7, 11) is 1.95. The van der Waals surface area contributed by atoms with Gasteiger partial charge in [0.05, 0.1) is 11.4 Å². The van der Waals surface area contributed by atoms with Crippen molar-refractivity contribution in [1.29, 1.82) is 0 Å². The fourth-order valence-corrected chi connectivity index (χ4v) is 2.65. The van der Waals surface area contributed by atoms with Gasteiger partial charge in [-0.25, -0.2) is 0 Å². The van der Waals surface area contributed by atoms with Gasteiger partial charge in [-0.15, -0.1) is 0 Å². The maximum absolute atomic E-state index is 4.62. The summed E-state index contributed by atoms with van der Waals surface area (Å²) in [6, 6.07) is 12.7. The number of aromatic nitrogens is 1. The number of pyridine rings is 1. The summed E-state index contributed by atoms with van der Waals surface area (Å²) in [6.45, 7) is 5.02. The van der Waals surface area contributed by atoms with Crippen molar-refractivity contribution < 1.29 is 0 Å². The van der Waals surface area contributed by atoms with Crippen LogP contribution in [-0.4, -0.2) is 18.2 Å². The zero-order valence-electron chi connectivity index (χ0n) is 14.9. The Morgan fingerprint density at radius 3 is 2.83 bits per heavy atom. The minimum absolute atomic E-state index is 0.840. The van der Waals surface area contributed by atoms with Gasteiger partial charge >= 0.3 is 0 Å². The van der Waals surface area contributed by atoms with Crippen LogP contribution in [0.25, 0.3) is 5.70 Å². The highest BCUT2D eigenvalue weighted by atomic mass is 14.8. The highest BCUT2D eigenvalue weighted by molar-refractivity contribution is 5.72. The fourth-order valence-electron chi connectivity index (χ4n) is 2.65. The number of benzene rings is 1. The topological polar surface area (TPSA) is 37.3 Å². The smallest absolute Gasteiger partial charge is 0.0885 e. The number of allylic oxidation sites excluding steroid dienone is 1. The minimum Gasteiger partial charge on any atom is -0.316 e. The van der Waals surface area contributed by atoms with Gasteiger partial charge in [0.1, 0.15) is 0 Å². The molecule has 1 aromatic carbocycles. The summed E-state index contributed by atoms with van der Waals surface area (Å²) in [5.74, 6) is 0. The van der Waals surface area contributed by atoms with E-state index in [4.69, 9.17) is 0 Å². The van der Waals surface area contributed by atoms with Crippen molar-refractivity contribution in [2.75, 3.05) is 7.05 Å². The fraction of sp³-hybridized carbons (Fsp3) is 0.333. The lowest BCUT2D eigenvalue weighted by atomic mass is 10.0. The van der Waals surface area contributed by atoms with Crippen LogP contribution in [0.5, 0.6) is 0 Å². The molecule has 2 aromatic rings. The first kappa shape index (κ1) is 18.1. The molecule has 1 heterocycles. The molecule has 2 rings (SSSR count). The molecule has 0 aliphatic rings. The van der Waals surface area contributed by atoms with E-state index >= 15 is 0 Å². The lowest BCUT2D eigenvalue weighted by Gasteiger charge is -2.05. The standard InChI is InChI=1S/C21H27N3/c1-4-20(21-15-18(16-22-3)12-14-24-21)23-13-8-7-11-19-10-6-5-9-17(19)2/h4-6,9-10,12-15,22H,7-8,11,16H2,1-3H3/b20-4-,23-13-. The van der Waals surface area contributed by atoms with Gasteiger partial charge in [0.2, 0.25) is 0 Å². The van der Waals surface area contributed by atoms with E-state index in [2.05, 4.69) is 52.5 Å². The number of nitrogens with zero attached hydrogens (tertiary/aromatic N) is 2. The number of nitrogens with one attached hydrogen (secondary N) is 1. The monoisotopic (exact) mass is 321 g/mol. The second-order valence-corrected chi connectivity index (χ2v) is 5.88. The Labute approximate surface area is 145 Å². The van der Waals surface area contributed by atoms with Crippen LogP contribution in [0, 0.1) is 6.92 Å². The number of unbranched alkanes of at least 4 members (excludes halogenated alkanes) is 1. The highest BCUT2D eigenvalue weighted by Gasteiger charge is 2.02. The molecule has 1 N–H and O–H groups in total. The van der Waals surface area contributed by atoms with Gasteiger partial charge in [-0.2, -0.15) is 0 Å². The normalized spacial score (nSPS) is 12.0. The molecule has 0 amide bonds. The molecule has 0 atom stereocenters. The van der Waals surface area contributed by atoms with Crippen LogP contribution in [-0.2, 0) is 13.0 Å². The predicted octanol–water partition coefficient (Wildman–Crippen LogP) is 4.56. The van der Waals surface area contributed by atoms with Crippen LogP contribution in [0.1, 0.15) is 42.1 Å². The Bertz CT molecular complexity index is 702. The van der Waals surface area contributed by atoms with Gasteiger partial charge in [0.15, 0.2) is 0 Å². The molecule has 0 unspecified atom stereocenters. The average Bonchev–Trinajstić information content (AvgIpc) is 2.60. The summed E-state index contributed by atoms with van der Waals surface area (Å²) in [5, 5.41) is 3.16. The molecular weight excluding hydrogens is 294 g/mol. The number of aryl methyl sites for hydroxylation is 2. The van der Waals surface area contributed by atoms with Gasteiger partial charge in [-0.3, -0.25) is 9.98 Å². The lowest BCUT2D eigenvalue weighted by Crippen LogP contribution is -2.05. The van der Waals surface area contributed by atoms with Crippen molar-refractivity contribution in [3.8, 4) is 0 Å². The van der Waals surface area contributed by atoms with E-state index < -0.39 is 0 Å². The van der Waals surface area contributed by atoms with E-state index in [1.54, 1.807) is 0 Å². The third-order valence-corrected chi connectivity index (χ3v) is 4.01. The van der Waals surface area contributed by atoms with Crippen molar-refractivity contribution in [2.45, 2.75) is 39.7 Å². The second-order valence-electron chi connectivity index (χ2n) is 5.88. The average molecular weight is 321 g/mol. The Balaban J connectivity index is 1.90. The van der Waals surface area contributed by atoms with Crippen LogP contribution in [0.15, 0.2) is 53.7 Å². The molecule has 0 radical (unpaired) electrons. The Kier molecular flexibility index (Phi) is 7.37. The Hall–Kier alpha value is -2.26. The first-order valence-corrected chi connectivity index (χ1v) is 8.58. The minimum atomic E-state index is 0.840. The predicted molar refractivity (Wildman–Crippen MR) is 103 cm³/mol. The summed E-state index contributed by atoms with van der Waals surface area (Å²) < 4.78 is 0. The number of rotatable bonds is 8. The van der Waals surface area contributed by atoms with Crippen LogP contribution in [0.4, 0.5) is 0 Å². The van der Waals surface area contributed by atoms with Crippen molar-refractivity contribution in [1.82, 2.24) is 10.3 Å². The maximum atomic E-state index is 4.62. The summed E-state index contributed by atoms with van der Waals surface area (Å²) >= 11 is 0. The van der Waals surface area contributed by atoms with Gasteiger partial charge in [-0.1, -0.05) is 30.3 Å². The second kappa shape index (κ2) is 9.78. The Morgan fingerprint density at radius 2 is 2.08 bits per heavy atom. The summed E-state index contributed by atoms with van der Waals surface area (Å²) in [4.78, 5) is 9.06. The van der Waals surface area contributed by atoms with Crippen LogP contribution in [0.2, 0.25) is 0 Å². The van der Waals surface area contributed by atoms with E-state index in [0.717, 1.165) is 37.2 Å². The van der Waals surface area contributed by atoms with Crippen LogP contribution < -0.4 is 5.32 Å². The van der Waals surface area contributed by atoms with Crippen LogP contribution in [0.3, 0.4) is 0 Å². The van der Waals surface area contributed by atoms with E-state index in [1.165, 1.54) is 16.7 Å². The maximum Gasteiger partial charge on any atom is 0.0885 e. The molecule has 0 saturated heterocycles. The molecule has 0 aliphatic heterocycles. The van der Waals surface area contributed by atoms with E-state index in [1.807, 2.05) is 38.5 Å². The van der Waals surface area contributed by atoms with Crippen molar-refractivity contribution >= 4 is 11.9 Å². The van der Waals surface area contributed by atoms with Gasteiger partial charge < -0.3 is 5.32 Å². The molecule has 0 fully saturated rings. The van der Waals surface area contributed by atoms with E-state index in [-0.39, 0.29) is 0 Å². The van der Waals surface area contributed by atoms with Crippen molar-refractivity contribution in [3.05, 3.63) is 71.1 Å². The van der Waals surface area contributed by atoms with E-state index in [0.29, 0.717) is 0 Å². The number of hydrogen-bond donors (Lipinski definition) is 1. The van der Waals surface area contributed by atoms with Crippen molar-refractivity contribution in [3.63, 3.8) is 0 Å². The molecule has 0 saturated carbocycles. The molecule has 24 heavy (non-hydrogen) atoms. The van der Waals surface area contributed by atoms with Crippen molar-refractivity contribution in [2.24, 2.45) is 4.99 Å². The summed E-state index contributed by atoms with van der Waals surface area (Å²) in [6.07, 6.45) is 9.06. The van der Waals surface area contributed by atoms with E-state index in [9.17, 15) is 0 Å². The molecule has 0 bridgehead atoms. The van der Waals surface area contributed by atoms with Crippen LogP contribution >= 0.6 is 0 Å². The third-order valence-electron chi connectivity index (χ3n) is 4.01. The largest absolute Gasteiger partial charge is 0.316 e. The Morgan fingerprint density at radius 1 is 1.25 bits per heavy atom. The number of aliphatic imine (C=N–C) groups is 1. The molecular formula is C21H27N3. The highest BCUT2D eigenvalue weighted by Crippen LogP contribution is 2.15. The first-order chi connectivity index (χ1) is 11.7. The first-order valence-electron chi connectivity index (χ1n) is 8.58. The molecule has 126 valence electrons. The molecule has 1 aromatic heterocycles. The molecule has 3 nitrogen and oxygen atoms in total. The zero-order chi connectivity index (χ0) is 17.2. The van der Waals surface area contributed by atoms with Gasteiger partial charge in [0, 0.05) is 19.0 Å². The number of hydrogen-bond acceptors (Lipinski definition) is 3. The molecule has 0 aliphatic carbocycles. The summed E-state index contributed by atoms with van der Waals surface area (Å²) in [5.41, 5.74) is 5.88. The molecule has 3 heteroatoms. The van der Waals surface area contributed by atoms with Gasteiger partial charge in [0.25, 0.3) is 0 Å². The zero-order valence-corrected chi connectivity index (χ0v) is 14.9. The lowest BCUT2D eigenvalue weighted by molar-refractivity contribution is 0.815. The van der Waals surface area contributed by atoms with Gasteiger partial charge in [-0.05, 0) is 69.0 Å². The third kappa shape index (κ3) is 5.43. The molecule has 0 spiro atoms.